The van der Waals surface area contributed by atoms with Crippen molar-refractivity contribution >= 4 is 39.3 Å². The number of sulfonamides is 1. The molecule has 2 N–H and O–H groups in total. The number of hydrogen-bond donors (Lipinski definition) is 2. The summed E-state index contributed by atoms with van der Waals surface area (Å²) in [6.45, 7) is 1.84. The summed E-state index contributed by atoms with van der Waals surface area (Å²) in [6, 6.07) is 8.27. The van der Waals surface area contributed by atoms with Gasteiger partial charge in [0.05, 0.1) is 32.4 Å². The molecule has 0 amide bonds. The predicted octanol–water partition coefficient (Wildman–Crippen LogP) is 2.59. The van der Waals surface area contributed by atoms with Crippen LogP contribution in [0.3, 0.4) is 0 Å². The Balaban J connectivity index is 2.15. The van der Waals surface area contributed by atoms with Crippen molar-refractivity contribution in [3.63, 3.8) is 0 Å². The van der Waals surface area contributed by atoms with Crippen LogP contribution in [0.25, 0.3) is 0 Å². The van der Waals surface area contributed by atoms with Gasteiger partial charge in [-0.3, -0.25) is 5.43 Å². The highest BCUT2D eigenvalue weighted by atomic mass is 32.2. The highest BCUT2D eigenvalue weighted by Gasteiger charge is 2.18. The second-order valence-electron chi connectivity index (χ2n) is 6.55. The van der Waals surface area contributed by atoms with E-state index in [0.29, 0.717) is 28.5 Å². The van der Waals surface area contributed by atoms with Crippen molar-refractivity contribution in [2.45, 2.75) is 11.8 Å². The third-order valence-corrected chi connectivity index (χ3v) is 6.31. The van der Waals surface area contributed by atoms with E-state index in [4.69, 9.17) is 26.4 Å². The number of rotatable bonds is 8. The molecule has 0 aliphatic rings. The Kier molecular flexibility index (Phi) is 8.20. The van der Waals surface area contributed by atoms with Gasteiger partial charge >= 0.3 is 0 Å². The van der Waals surface area contributed by atoms with Crippen LogP contribution < -0.4 is 25.0 Å². The Hall–Kier alpha value is -2.89. The minimum atomic E-state index is -3.56. The normalized spacial score (nSPS) is 11.5. The minimum absolute atomic E-state index is 0.161. The third-order valence-electron chi connectivity index (χ3n) is 4.30. The monoisotopic (exact) mass is 466 g/mol. The Bertz CT molecular complexity index is 1060. The molecule has 0 aliphatic carbocycles. The van der Waals surface area contributed by atoms with E-state index < -0.39 is 10.0 Å². The smallest absolute Gasteiger partial charge is 0.242 e. The van der Waals surface area contributed by atoms with Crippen molar-refractivity contribution in [1.82, 2.24) is 9.73 Å². The van der Waals surface area contributed by atoms with E-state index in [1.807, 2.05) is 6.92 Å². The molecule has 0 saturated heterocycles. The van der Waals surface area contributed by atoms with Crippen LogP contribution >= 0.6 is 12.2 Å². The first-order valence-electron chi connectivity index (χ1n) is 9.07. The van der Waals surface area contributed by atoms with Crippen LogP contribution in [0.1, 0.15) is 11.1 Å². The second-order valence-corrected chi connectivity index (χ2v) is 9.11. The number of nitrogens with zero attached hydrogens (tertiary/aromatic N) is 2. The molecule has 2 rings (SSSR count). The van der Waals surface area contributed by atoms with Crippen molar-refractivity contribution < 1.29 is 22.6 Å². The van der Waals surface area contributed by atoms with E-state index in [0.717, 1.165) is 9.87 Å². The number of anilines is 1. The zero-order valence-corrected chi connectivity index (χ0v) is 19.8. The van der Waals surface area contributed by atoms with Crippen molar-refractivity contribution in [3.8, 4) is 17.2 Å². The molecular formula is C20H26N4O5S2. The number of hydrazone groups is 1. The first kappa shape index (κ1) is 24.4. The Labute approximate surface area is 188 Å². The van der Waals surface area contributed by atoms with E-state index in [2.05, 4.69) is 15.8 Å². The standard InChI is InChI=1S/C20H26N4O5S2/c1-13-7-8-15(31(25,26)24(2)3)11-16(13)22-20(30)23-21-12-14-9-17(27-4)19(29-6)18(10-14)28-5/h7-12H,1-6H3,(H2,22,23,30)/b21-12+. The van der Waals surface area contributed by atoms with Crippen molar-refractivity contribution in [3.05, 3.63) is 41.5 Å². The van der Waals surface area contributed by atoms with E-state index in [9.17, 15) is 8.42 Å². The van der Waals surface area contributed by atoms with Crippen LogP contribution in [0, 0.1) is 6.92 Å². The molecule has 0 spiro atoms. The maximum atomic E-state index is 12.4. The van der Waals surface area contributed by atoms with Crippen LogP contribution in [-0.2, 0) is 10.0 Å². The summed E-state index contributed by atoms with van der Waals surface area (Å²) in [4.78, 5) is 0.161. The summed E-state index contributed by atoms with van der Waals surface area (Å²) in [5.41, 5.74) is 4.79. The van der Waals surface area contributed by atoms with Gasteiger partial charge in [-0.25, -0.2) is 12.7 Å². The maximum Gasteiger partial charge on any atom is 0.242 e. The first-order chi connectivity index (χ1) is 14.6. The van der Waals surface area contributed by atoms with Crippen molar-refractivity contribution in [2.75, 3.05) is 40.7 Å². The maximum absolute atomic E-state index is 12.4. The van der Waals surface area contributed by atoms with Gasteiger partial charge in [0.2, 0.25) is 15.8 Å². The van der Waals surface area contributed by atoms with Gasteiger partial charge < -0.3 is 19.5 Å². The third kappa shape index (κ3) is 5.84. The molecule has 0 radical (unpaired) electrons. The topological polar surface area (TPSA) is 101 Å². The summed E-state index contributed by atoms with van der Waals surface area (Å²) in [5.74, 6) is 1.48. The van der Waals surface area contributed by atoms with Crippen molar-refractivity contribution in [2.24, 2.45) is 5.10 Å². The molecule has 0 unspecified atom stereocenters. The summed E-state index contributed by atoms with van der Waals surface area (Å²) in [7, 11) is 3.99. The van der Waals surface area contributed by atoms with E-state index >= 15 is 0 Å². The summed E-state index contributed by atoms with van der Waals surface area (Å²) < 4.78 is 41.8. The van der Waals surface area contributed by atoms with Crippen molar-refractivity contribution in [1.29, 1.82) is 0 Å². The molecule has 0 bridgehead atoms. The molecule has 0 saturated carbocycles. The number of aryl methyl sites for hydroxylation is 1. The van der Waals surface area contributed by atoms with E-state index in [1.54, 1.807) is 24.3 Å². The van der Waals surface area contributed by atoms with E-state index in [-0.39, 0.29) is 10.0 Å². The molecule has 31 heavy (non-hydrogen) atoms. The molecule has 2 aromatic carbocycles. The SMILES string of the molecule is COc1cc(/C=N/NC(=S)Nc2cc(S(=O)(=O)N(C)C)ccc2C)cc(OC)c1OC. The molecule has 0 heterocycles. The van der Waals surface area contributed by atoms with Gasteiger partial charge in [0.25, 0.3) is 0 Å². The summed E-state index contributed by atoms with van der Waals surface area (Å²) >= 11 is 5.27. The lowest BCUT2D eigenvalue weighted by molar-refractivity contribution is 0.324. The zero-order valence-electron chi connectivity index (χ0n) is 18.2. The van der Waals surface area contributed by atoms with Gasteiger partial charge in [-0.2, -0.15) is 5.10 Å². The first-order valence-corrected chi connectivity index (χ1v) is 10.9. The minimum Gasteiger partial charge on any atom is -0.493 e. The fourth-order valence-corrected chi connectivity index (χ4v) is 3.69. The quantitative estimate of drug-likeness (QED) is 0.348. The Morgan fingerprint density at radius 2 is 1.68 bits per heavy atom. The second kappa shape index (κ2) is 10.4. The number of methoxy groups -OCH3 is 3. The fourth-order valence-electron chi connectivity index (χ4n) is 2.60. The van der Waals surface area contributed by atoms with Gasteiger partial charge in [0, 0.05) is 25.3 Å². The van der Waals surface area contributed by atoms with Crippen LogP contribution in [0.15, 0.2) is 40.3 Å². The Morgan fingerprint density at radius 1 is 1.06 bits per heavy atom. The highest BCUT2D eigenvalue weighted by Crippen LogP contribution is 2.37. The van der Waals surface area contributed by atoms with Gasteiger partial charge in [-0.15, -0.1) is 0 Å². The lowest BCUT2D eigenvalue weighted by atomic mass is 10.2. The summed E-state index contributed by atoms with van der Waals surface area (Å²) in [6.07, 6.45) is 1.54. The number of ether oxygens (including phenoxy) is 3. The number of nitrogens with one attached hydrogen (secondary N) is 2. The molecule has 9 nitrogen and oxygen atoms in total. The zero-order chi connectivity index (χ0) is 23.2. The largest absolute Gasteiger partial charge is 0.493 e. The molecular weight excluding hydrogens is 440 g/mol. The molecule has 168 valence electrons. The van der Waals surface area contributed by atoms with E-state index in [1.165, 1.54) is 47.7 Å². The van der Waals surface area contributed by atoms with Crippen LogP contribution in [-0.4, -0.2) is 59.5 Å². The fraction of sp³-hybridized carbons (Fsp3) is 0.300. The number of hydrogen-bond acceptors (Lipinski definition) is 7. The molecule has 0 aliphatic heterocycles. The van der Waals surface area contributed by atoms with Gasteiger partial charge in [0.15, 0.2) is 16.6 Å². The van der Waals surface area contributed by atoms with Gasteiger partial charge in [0.1, 0.15) is 0 Å². The molecule has 11 heteroatoms. The lowest BCUT2D eigenvalue weighted by Gasteiger charge is -2.15. The molecule has 0 aromatic heterocycles. The Morgan fingerprint density at radius 3 is 2.19 bits per heavy atom. The average molecular weight is 467 g/mol. The lowest BCUT2D eigenvalue weighted by Crippen LogP contribution is -2.25. The van der Waals surface area contributed by atoms with Crippen LogP contribution in [0.5, 0.6) is 17.2 Å². The number of thiocarbonyl (C=S) groups is 1. The molecule has 2 aromatic rings. The molecule has 0 fully saturated rings. The van der Waals surface area contributed by atoms with Gasteiger partial charge in [-0.1, -0.05) is 6.07 Å². The average Bonchev–Trinajstić information content (AvgIpc) is 2.74. The van der Waals surface area contributed by atoms with Crippen LogP contribution in [0.4, 0.5) is 5.69 Å². The summed E-state index contributed by atoms with van der Waals surface area (Å²) in [5, 5.41) is 7.28. The number of benzene rings is 2. The van der Waals surface area contributed by atoms with Crippen LogP contribution in [0.2, 0.25) is 0 Å². The predicted molar refractivity (Wildman–Crippen MR) is 125 cm³/mol. The molecule has 0 atom stereocenters. The van der Waals surface area contributed by atoms with Gasteiger partial charge in [-0.05, 0) is 49.0 Å². The highest BCUT2D eigenvalue weighted by molar-refractivity contribution is 7.89.